The minimum absolute atomic E-state index is 0.161. The summed E-state index contributed by atoms with van der Waals surface area (Å²) in [5, 5.41) is 18.1. The second-order valence-corrected chi connectivity index (χ2v) is 8.80. The smallest absolute Gasteiger partial charge is 0.250 e. The van der Waals surface area contributed by atoms with E-state index in [0.717, 1.165) is 21.4 Å². The number of amides is 1. The highest BCUT2D eigenvalue weighted by atomic mass is 79.9. The number of carbonyl (C=O) groups excluding carboxylic acids is 1. The van der Waals surface area contributed by atoms with E-state index < -0.39 is 0 Å². The predicted octanol–water partition coefficient (Wildman–Crippen LogP) is 3.22. The van der Waals surface area contributed by atoms with Gasteiger partial charge in [-0.15, -0.1) is 21.5 Å². The van der Waals surface area contributed by atoms with E-state index in [-0.39, 0.29) is 11.7 Å². The van der Waals surface area contributed by atoms with Crippen LogP contribution in [0.3, 0.4) is 0 Å². The Morgan fingerprint density at radius 2 is 1.97 bits per heavy atom. The molecule has 0 radical (unpaired) electrons. The highest BCUT2D eigenvalue weighted by Crippen LogP contribution is 2.25. The fourth-order valence-electron chi connectivity index (χ4n) is 2.65. The van der Waals surface area contributed by atoms with Gasteiger partial charge in [0.1, 0.15) is 0 Å². The van der Waals surface area contributed by atoms with Crippen molar-refractivity contribution in [1.82, 2.24) is 30.2 Å². The van der Waals surface area contributed by atoms with Crippen LogP contribution in [0.5, 0.6) is 0 Å². The van der Waals surface area contributed by atoms with Crippen molar-refractivity contribution in [3.63, 3.8) is 0 Å². The van der Waals surface area contributed by atoms with E-state index in [1.807, 2.05) is 64.5 Å². The van der Waals surface area contributed by atoms with Crippen LogP contribution >= 0.6 is 39.0 Å². The van der Waals surface area contributed by atoms with E-state index in [1.54, 1.807) is 7.05 Å². The summed E-state index contributed by atoms with van der Waals surface area (Å²) in [5.74, 6) is -0.0743. The van der Waals surface area contributed by atoms with Gasteiger partial charge in [-0.25, -0.2) is 10.1 Å². The van der Waals surface area contributed by atoms with Crippen LogP contribution in [-0.4, -0.2) is 36.4 Å². The molecule has 0 atom stereocenters. The Labute approximate surface area is 188 Å². The van der Waals surface area contributed by atoms with Gasteiger partial charge in [-0.05, 0) is 40.3 Å². The van der Waals surface area contributed by atoms with Gasteiger partial charge in [-0.1, -0.05) is 58.0 Å². The molecule has 0 saturated carbocycles. The van der Waals surface area contributed by atoms with Gasteiger partial charge >= 0.3 is 0 Å². The first kappa shape index (κ1) is 20.5. The van der Waals surface area contributed by atoms with Gasteiger partial charge in [-0.3, -0.25) is 9.36 Å². The van der Waals surface area contributed by atoms with Crippen LogP contribution in [0.4, 0.5) is 0 Å². The first-order valence-electron chi connectivity index (χ1n) is 8.81. The number of thioether (sulfide) groups is 1. The molecule has 8 nitrogen and oxygen atoms in total. The van der Waals surface area contributed by atoms with Crippen LogP contribution in [0.2, 0.25) is 0 Å². The number of nitrogens with zero attached hydrogens (tertiary/aromatic N) is 6. The molecule has 2 aromatic carbocycles. The zero-order valence-corrected chi connectivity index (χ0v) is 19.0. The number of aryl methyl sites for hydroxylation is 1. The van der Waals surface area contributed by atoms with E-state index in [2.05, 4.69) is 42.0 Å². The molecule has 0 bridgehead atoms. The summed E-state index contributed by atoms with van der Waals surface area (Å²) < 4.78 is 4.55. The number of para-hydroxylation sites is 1. The topological polar surface area (TPSA) is 90.0 Å². The lowest BCUT2D eigenvalue weighted by atomic mass is 10.1. The summed E-state index contributed by atoms with van der Waals surface area (Å²) in [6, 6.07) is 18.0. The molecule has 152 valence electrons. The fourth-order valence-corrected chi connectivity index (χ4v) is 4.43. The maximum atomic E-state index is 12.3. The molecule has 0 aliphatic heterocycles. The first-order chi connectivity index (χ1) is 14.6. The lowest BCUT2D eigenvalue weighted by Gasteiger charge is -2.09. The molecule has 0 saturated heterocycles. The van der Waals surface area contributed by atoms with Crippen molar-refractivity contribution in [1.29, 1.82) is 0 Å². The number of hydrogen-bond acceptors (Lipinski definition) is 7. The summed E-state index contributed by atoms with van der Waals surface area (Å²) in [7, 11) is 1.72. The van der Waals surface area contributed by atoms with Gasteiger partial charge in [0.25, 0.3) is 5.91 Å². The SMILES string of the molecule is Cn1nnnc1SCC(=O)N/N=c1/scc(-c2ccc(Br)cc2)n1-c1ccccc1. The van der Waals surface area contributed by atoms with Crippen molar-refractivity contribution in [3.05, 3.63) is 69.3 Å². The lowest BCUT2D eigenvalue weighted by molar-refractivity contribution is -0.118. The molecule has 4 rings (SSSR count). The Kier molecular flexibility index (Phi) is 6.41. The monoisotopic (exact) mass is 501 g/mol. The molecule has 0 aliphatic rings. The molecule has 4 aromatic rings. The third-order valence-electron chi connectivity index (χ3n) is 4.05. The number of thiazole rings is 1. The Morgan fingerprint density at radius 3 is 2.67 bits per heavy atom. The summed E-state index contributed by atoms with van der Waals surface area (Å²) in [6.45, 7) is 0. The van der Waals surface area contributed by atoms with Crippen LogP contribution in [-0.2, 0) is 11.8 Å². The van der Waals surface area contributed by atoms with Crippen molar-refractivity contribution >= 4 is 44.9 Å². The number of aromatic nitrogens is 5. The molecule has 2 aromatic heterocycles. The van der Waals surface area contributed by atoms with E-state index >= 15 is 0 Å². The van der Waals surface area contributed by atoms with E-state index in [4.69, 9.17) is 0 Å². The van der Waals surface area contributed by atoms with Crippen molar-refractivity contribution in [2.45, 2.75) is 5.16 Å². The Morgan fingerprint density at radius 1 is 1.20 bits per heavy atom. The minimum atomic E-state index is -0.235. The van der Waals surface area contributed by atoms with Crippen LogP contribution in [0, 0.1) is 0 Å². The number of benzene rings is 2. The van der Waals surface area contributed by atoms with Gasteiger partial charge in [-0.2, -0.15) is 0 Å². The van der Waals surface area contributed by atoms with Gasteiger partial charge in [0.15, 0.2) is 0 Å². The third-order valence-corrected chi connectivity index (χ3v) is 6.42. The number of tetrazole rings is 1. The molecular formula is C19H16BrN7OS2. The molecule has 0 fully saturated rings. The third kappa shape index (κ3) is 4.69. The Balaban J connectivity index is 1.61. The predicted molar refractivity (Wildman–Crippen MR) is 120 cm³/mol. The van der Waals surface area contributed by atoms with Crippen molar-refractivity contribution < 1.29 is 4.79 Å². The molecule has 11 heteroatoms. The van der Waals surface area contributed by atoms with E-state index in [0.29, 0.717) is 9.96 Å². The maximum Gasteiger partial charge on any atom is 0.250 e. The molecule has 1 amide bonds. The van der Waals surface area contributed by atoms with E-state index in [9.17, 15) is 4.79 Å². The fraction of sp³-hybridized carbons (Fsp3) is 0.105. The largest absolute Gasteiger partial charge is 0.284 e. The molecule has 0 aliphatic carbocycles. The second kappa shape index (κ2) is 9.37. The van der Waals surface area contributed by atoms with Crippen molar-refractivity contribution in [2.24, 2.45) is 12.1 Å². The zero-order valence-electron chi connectivity index (χ0n) is 15.8. The van der Waals surface area contributed by atoms with Gasteiger partial charge in [0.2, 0.25) is 9.96 Å². The summed E-state index contributed by atoms with van der Waals surface area (Å²) in [6.07, 6.45) is 0. The molecular weight excluding hydrogens is 486 g/mol. The minimum Gasteiger partial charge on any atom is -0.284 e. The lowest BCUT2D eigenvalue weighted by Crippen LogP contribution is -2.25. The quantitative estimate of drug-likeness (QED) is 0.323. The average molecular weight is 502 g/mol. The van der Waals surface area contributed by atoms with Crippen LogP contribution in [0.15, 0.2) is 74.7 Å². The van der Waals surface area contributed by atoms with Gasteiger partial charge in [0, 0.05) is 22.6 Å². The standard InChI is InChI=1S/C19H16BrN7OS2/c1-26-18(23-24-25-26)30-12-17(28)21-22-19-27(15-5-3-2-4-6-15)16(11-29-19)13-7-9-14(20)10-8-13/h2-11H,12H2,1H3,(H,21,28)/b22-19+. The van der Waals surface area contributed by atoms with Crippen LogP contribution in [0.1, 0.15) is 0 Å². The van der Waals surface area contributed by atoms with Crippen molar-refractivity contribution in [3.8, 4) is 16.9 Å². The van der Waals surface area contributed by atoms with Gasteiger partial charge < -0.3 is 0 Å². The van der Waals surface area contributed by atoms with E-state index in [1.165, 1.54) is 27.8 Å². The summed E-state index contributed by atoms with van der Waals surface area (Å²) in [4.78, 5) is 12.9. The van der Waals surface area contributed by atoms with Gasteiger partial charge in [0.05, 0.1) is 11.4 Å². The van der Waals surface area contributed by atoms with Crippen molar-refractivity contribution in [2.75, 3.05) is 5.75 Å². The Bertz CT molecular complexity index is 1220. The highest BCUT2D eigenvalue weighted by Gasteiger charge is 2.11. The normalized spacial score (nSPS) is 11.6. The molecule has 30 heavy (non-hydrogen) atoms. The summed E-state index contributed by atoms with van der Waals surface area (Å²) >= 11 is 6.18. The van der Waals surface area contributed by atoms with Crippen LogP contribution in [0.25, 0.3) is 16.9 Å². The molecule has 0 unspecified atom stereocenters. The first-order valence-corrected chi connectivity index (χ1v) is 11.5. The zero-order chi connectivity index (χ0) is 20.9. The number of rotatable bonds is 6. The molecule has 1 N–H and O–H groups in total. The maximum absolute atomic E-state index is 12.3. The second-order valence-electron chi connectivity index (χ2n) is 6.10. The molecule has 2 heterocycles. The summed E-state index contributed by atoms with van der Waals surface area (Å²) in [5.41, 5.74) is 5.64. The Hall–Kier alpha value is -2.76. The highest BCUT2D eigenvalue weighted by molar-refractivity contribution is 9.10. The number of hydrogen-bond donors (Lipinski definition) is 1. The molecule has 0 spiro atoms. The average Bonchev–Trinajstić information content (AvgIpc) is 3.38. The number of nitrogens with one attached hydrogen (secondary N) is 1. The van der Waals surface area contributed by atoms with Crippen LogP contribution < -0.4 is 10.2 Å². The number of carbonyl (C=O) groups is 1. The number of halogens is 1.